The Balaban J connectivity index is 2.29. The maximum Gasteiger partial charge on any atom is 0.220 e. The second kappa shape index (κ2) is 6.72. The minimum absolute atomic E-state index is 0.250. The van der Waals surface area contributed by atoms with Gasteiger partial charge in [0, 0.05) is 12.1 Å². The number of hydrogen-bond acceptors (Lipinski definition) is 6. The van der Waals surface area contributed by atoms with Gasteiger partial charge in [0.05, 0.1) is 24.7 Å². The van der Waals surface area contributed by atoms with E-state index in [1.165, 1.54) is 0 Å². The van der Waals surface area contributed by atoms with Gasteiger partial charge in [-0.3, -0.25) is 0 Å². The Labute approximate surface area is 118 Å². The zero-order valence-corrected chi connectivity index (χ0v) is 11.5. The fourth-order valence-electron chi connectivity index (χ4n) is 1.82. The van der Waals surface area contributed by atoms with Crippen molar-refractivity contribution in [3.05, 3.63) is 30.5 Å². The van der Waals surface area contributed by atoms with Crippen molar-refractivity contribution in [3.8, 4) is 17.0 Å². The lowest BCUT2D eigenvalue weighted by molar-refractivity contribution is 0.415. The lowest BCUT2D eigenvalue weighted by Crippen LogP contribution is -2.10. The molecule has 106 valence electrons. The average Bonchev–Trinajstić information content (AvgIpc) is 2.49. The highest BCUT2D eigenvalue weighted by molar-refractivity contribution is 5.74. The van der Waals surface area contributed by atoms with E-state index >= 15 is 0 Å². The van der Waals surface area contributed by atoms with Crippen LogP contribution in [-0.4, -0.2) is 30.2 Å². The molecule has 6 heteroatoms. The SMILES string of the molecule is COc1ccc(-c2nc(N)ncc2NCCCN)cc1. The molecule has 0 amide bonds. The quantitative estimate of drug-likeness (QED) is 0.690. The Kier molecular flexibility index (Phi) is 4.73. The molecule has 5 N–H and O–H groups in total. The highest BCUT2D eigenvalue weighted by Crippen LogP contribution is 2.27. The number of methoxy groups -OCH3 is 1. The lowest BCUT2D eigenvalue weighted by Gasteiger charge is -2.11. The van der Waals surface area contributed by atoms with Crippen molar-refractivity contribution in [2.45, 2.75) is 6.42 Å². The third-order valence-corrected chi connectivity index (χ3v) is 2.87. The zero-order chi connectivity index (χ0) is 14.4. The first-order valence-corrected chi connectivity index (χ1v) is 6.45. The fraction of sp³-hybridized carbons (Fsp3) is 0.286. The summed E-state index contributed by atoms with van der Waals surface area (Å²) in [5.74, 6) is 1.05. The van der Waals surface area contributed by atoms with Crippen LogP contribution in [0.4, 0.5) is 11.6 Å². The zero-order valence-electron chi connectivity index (χ0n) is 11.5. The van der Waals surface area contributed by atoms with Gasteiger partial charge in [-0.1, -0.05) is 0 Å². The number of aromatic nitrogens is 2. The van der Waals surface area contributed by atoms with Crippen LogP contribution in [0.15, 0.2) is 30.5 Å². The Morgan fingerprint density at radius 2 is 2.00 bits per heavy atom. The van der Waals surface area contributed by atoms with E-state index < -0.39 is 0 Å². The van der Waals surface area contributed by atoms with Crippen LogP contribution in [0, 0.1) is 0 Å². The first-order valence-electron chi connectivity index (χ1n) is 6.45. The molecule has 1 aromatic heterocycles. The molecular weight excluding hydrogens is 254 g/mol. The lowest BCUT2D eigenvalue weighted by atomic mass is 10.1. The molecule has 0 radical (unpaired) electrons. The summed E-state index contributed by atoms with van der Waals surface area (Å²) in [4.78, 5) is 8.34. The molecule has 2 aromatic rings. The third kappa shape index (κ3) is 3.36. The second-order valence-corrected chi connectivity index (χ2v) is 4.29. The van der Waals surface area contributed by atoms with Gasteiger partial charge >= 0.3 is 0 Å². The van der Waals surface area contributed by atoms with Crippen molar-refractivity contribution < 1.29 is 4.74 Å². The molecule has 0 unspecified atom stereocenters. The molecule has 0 aliphatic heterocycles. The molecule has 0 aliphatic rings. The summed E-state index contributed by atoms with van der Waals surface area (Å²) in [6, 6.07) is 7.65. The highest BCUT2D eigenvalue weighted by Gasteiger charge is 2.08. The van der Waals surface area contributed by atoms with E-state index in [0.29, 0.717) is 6.54 Å². The molecule has 6 nitrogen and oxygen atoms in total. The Morgan fingerprint density at radius 1 is 1.25 bits per heavy atom. The van der Waals surface area contributed by atoms with Gasteiger partial charge in [0.15, 0.2) is 0 Å². The number of anilines is 2. The standard InChI is InChI=1S/C14H19N5O/c1-20-11-5-3-10(4-6-11)13-12(17-8-2-7-15)9-18-14(16)19-13/h3-6,9,17H,2,7-8,15H2,1H3,(H2,16,18,19). The normalized spacial score (nSPS) is 10.3. The van der Waals surface area contributed by atoms with Crippen molar-refractivity contribution in [3.63, 3.8) is 0 Å². The molecule has 0 spiro atoms. The fourth-order valence-corrected chi connectivity index (χ4v) is 1.82. The molecule has 0 aliphatic carbocycles. The van der Waals surface area contributed by atoms with Gasteiger partial charge in [0.2, 0.25) is 5.95 Å². The topological polar surface area (TPSA) is 99.1 Å². The number of nitrogens with zero attached hydrogens (tertiary/aromatic N) is 2. The maximum absolute atomic E-state index is 5.68. The molecule has 1 aromatic carbocycles. The van der Waals surface area contributed by atoms with Gasteiger partial charge in [-0.2, -0.15) is 0 Å². The third-order valence-electron chi connectivity index (χ3n) is 2.87. The van der Waals surface area contributed by atoms with Crippen molar-refractivity contribution in [2.75, 3.05) is 31.2 Å². The molecule has 0 saturated heterocycles. The number of hydrogen-bond donors (Lipinski definition) is 3. The molecule has 0 fully saturated rings. The number of nitrogens with one attached hydrogen (secondary N) is 1. The van der Waals surface area contributed by atoms with Gasteiger partial charge in [-0.25, -0.2) is 9.97 Å². The molecule has 0 atom stereocenters. The van der Waals surface area contributed by atoms with Crippen LogP contribution in [0.2, 0.25) is 0 Å². The van der Waals surface area contributed by atoms with Crippen LogP contribution in [0.5, 0.6) is 5.75 Å². The van der Waals surface area contributed by atoms with E-state index in [4.69, 9.17) is 16.2 Å². The monoisotopic (exact) mass is 273 g/mol. The van der Waals surface area contributed by atoms with E-state index in [1.807, 2.05) is 24.3 Å². The number of benzene rings is 1. The average molecular weight is 273 g/mol. The summed E-state index contributed by atoms with van der Waals surface area (Å²) in [6.07, 6.45) is 2.57. The van der Waals surface area contributed by atoms with Crippen LogP contribution in [-0.2, 0) is 0 Å². The molecule has 2 rings (SSSR count). The van der Waals surface area contributed by atoms with Gasteiger partial charge < -0.3 is 21.5 Å². The predicted molar refractivity (Wildman–Crippen MR) is 80.6 cm³/mol. The molecule has 0 bridgehead atoms. The van der Waals surface area contributed by atoms with Crippen LogP contribution in [0.25, 0.3) is 11.3 Å². The smallest absolute Gasteiger partial charge is 0.220 e. The molecule has 1 heterocycles. The molecule has 20 heavy (non-hydrogen) atoms. The number of rotatable bonds is 6. The van der Waals surface area contributed by atoms with Crippen molar-refractivity contribution >= 4 is 11.6 Å². The summed E-state index contributed by atoms with van der Waals surface area (Å²) in [5, 5.41) is 3.28. The van der Waals surface area contributed by atoms with Crippen LogP contribution in [0.3, 0.4) is 0 Å². The maximum atomic E-state index is 5.68. The predicted octanol–water partition coefficient (Wildman–Crippen LogP) is 1.50. The van der Waals surface area contributed by atoms with Crippen LogP contribution >= 0.6 is 0 Å². The van der Waals surface area contributed by atoms with Crippen LogP contribution in [0.1, 0.15) is 6.42 Å². The van der Waals surface area contributed by atoms with E-state index in [-0.39, 0.29) is 5.95 Å². The first-order chi connectivity index (χ1) is 9.74. The number of nitrogen functional groups attached to an aromatic ring is 1. The largest absolute Gasteiger partial charge is 0.497 e. The second-order valence-electron chi connectivity index (χ2n) is 4.29. The summed E-state index contributed by atoms with van der Waals surface area (Å²) in [5.41, 5.74) is 13.7. The van der Waals surface area contributed by atoms with Gasteiger partial charge in [0.25, 0.3) is 0 Å². The van der Waals surface area contributed by atoms with E-state index in [0.717, 1.165) is 35.7 Å². The highest BCUT2D eigenvalue weighted by atomic mass is 16.5. The summed E-state index contributed by atoms with van der Waals surface area (Å²) in [6.45, 7) is 1.41. The van der Waals surface area contributed by atoms with Crippen molar-refractivity contribution in [1.82, 2.24) is 9.97 Å². The van der Waals surface area contributed by atoms with Gasteiger partial charge in [-0.05, 0) is 37.2 Å². The minimum atomic E-state index is 0.250. The molecule has 0 saturated carbocycles. The van der Waals surface area contributed by atoms with Crippen molar-refractivity contribution in [1.29, 1.82) is 0 Å². The Hall–Kier alpha value is -2.34. The molecular formula is C14H19N5O. The Morgan fingerprint density at radius 3 is 2.65 bits per heavy atom. The van der Waals surface area contributed by atoms with Gasteiger partial charge in [-0.15, -0.1) is 0 Å². The Bertz CT molecular complexity index is 556. The van der Waals surface area contributed by atoms with E-state index in [9.17, 15) is 0 Å². The first kappa shape index (κ1) is 14.1. The number of ether oxygens (including phenoxy) is 1. The summed E-state index contributed by atoms with van der Waals surface area (Å²) in [7, 11) is 1.64. The van der Waals surface area contributed by atoms with E-state index in [1.54, 1.807) is 13.3 Å². The van der Waals surface area contributed by atoms with E-state index in [2.05, 4.69) is 15.3 Å². The van der Waals surface area contributed by atoms with Crippen molar-refractivity contribution in [2.24, 2.45) is 5.73 Å². The van der Waals surface area contributed by atoms with Gasteiger partial charge in [0.1, 0.15) is 5.75 Å². The summed E-state index contributed by atoms with van der Waals surface area (Å²) < 4.78 is 5.15. The summed E-state index contributed by atoms with van der Waals surface area (Å²) >= 11 is 0. The minimum Gasteiger partial charge on any atom is -0.497 e. The number of nitrogens with two attached hydrogens (primary N) is 2. The van der Waals surface area contributed by atoms with Crippen LogP contribution < -0.4 is 21.5 Å².